The minimum Gasteiger partial charge on any atom is -0.395 e. The first kappa shape index (κ1) is 14.7. The third-order valence-electron chi connectivity index (χ3n) is 2.55. The molecule has 0 unspecified atom stereocenters. The predicted octanol–water partition coefficient (Wildman–Crippen LogP) is 3.21. The first-order valence-corrected chi connectivity index (χ1v) is 5.04. The molecule has 0 saturated carbocycles. The molecule has 10 heteroatoms. The quantitative estimate of drug-likeness (QED) is 0.853. The van der Waals surface area contributed by atoms with Gasteiger partial charge in [0, 0.05) is 0 Å². The van der Waals surface area contributed by atoms with Crippen molar-refractivity contribution in [3.05, 3.63) is 23.8 Å². The zero-order valence-corrected chi connectivity index (χ0v) is 9.35. The van der Waals surface area contributed by atoms with E-state index in [1.165, 1.54) is 0 Å². The summed E-state index contributed by atoms with van der Waals surface area (Å²) in [7, 11) is 0. The van der Waals surface area contributed by atoms with Gasteiger partial charge in [-0.15, -0.1) is 8.78 Å². The van der Waals surface area contributed by atoms with Crippen LogP contribution in [0.4, 0.5) is 30.7 Å². The first-order chi connectivity index (χ1) is 8.94. The number of hydrogen-bond acceptors (Lipinski definition) is 3. The highest BCUT2D eigenvalue weighted by Crippen LogP contribution is 2.46. The highest BCUT2D eigenvalue weighted by Gasteiger charge is 2.61. The Bertz CT molecular complexity index is 529. The lowest BCUT2D eigenvalue weighted by Crippen LogP contribution is -2.45. The lowest BCUT2D eigenvalue weighted by Gasteiger charge is -2.25. The molecule has 1 aromatic rings. The van der Waals surface area contributed by atoms with Crippen molar-refractivity contribution >= 4 is 0 Å². The third-order valence-corrected chi connectivity index (χ3v) is 2.55. The Kier molecular flexibility index (Phi) is 3.04. The number of alkyl halides is 7. The molecular formula is C10H6F7NO2. The Labute approximate surface area is 107 Å². The van der Waals surface area contributed by atoms with Crippen LogP contribution >= 0.6 is 0 Å². The molecule has 1 aliphatic rings. The van der Waals surface area contributed by atoms with E-state index in [2.05, 4.69) is 9.47 Å². The fraction of sp³-hybridized carbons (Fsp3) is 0.400. The summed E-state index contributed by atoms with van der Waals surface area (Å²) in [5.74, 6) is -6.37. The largest absolute Gasteiger partial charge is 0.586 e. The van der Waals surface area contributed by atoms with Crippen LogP contribution in [0.2, 0.25) is 0 Å². The van der Waals surface area contributed by atoms with Crippen molar-refractivity contribution in [2.45, 2.75) is 24.4 Å². The minimum absolute atomic E-state index is 0.485. The molecule has 0 fully saturated rings. The topological polar surface area (TPSA) is 44.5 Å². The molecule has 112 valence electrons. The smallest absolute Gasteiger partial charge is 0.395 e. The second kappa shape index (κ2) is 4.14. The maximum atomic E-state index is 13.0. The number of rotatable bonds is 2. The maximum Gasteiger partial charge on any atom is 0.586 e. The van der Waals surface area contributed by atoms with Crippen molar-refractivity contribution in [1.82, 2.24) is 0 Å². The lowest BCUT2D eigenvalue weighted by molar-refractivity contribution is -0.291. The van der Waals surface area contributed by atoms with E-state index in [-0.39, 0.29) is 0 Å². The molecule has 1 aliphatic heterocycles. The number of hydrogen-bond donors (Lipinski definition) is 1. The molecule has 0 radical (unpaired) electrons. The van der Waals surface area contributed by atoms with Crippen LogP contribution in [0.15, 0.2) is 18.2 Å². The Balaban J connectivity index is 2.33. The first-order valence-electron chi connectivity index (χ1n) is 5.04. The summed E-state index contributed by atoms with van der Waals surface area (Å²) in [5.41, 5.74) is 4.15. The van der Waals surface area contributed by atoms with Crippen LogP contribution in [0.1, 0.15) is 11.6 Å². The second-order valence-corrected chi connectivity index (χ2v) is 3.97. The molecule has 3 nitrogen and oxygen atoms in total. The zero-order chi connectivity index (χ0) is 15.3. The average Bonchev–Trinajstić information content (AvgIpc) is 2.58. The molecule has 1 heterocycles. The van der Waals surface area contributed by atoms with Crippen LogP contribution in [-0.2, 0) is 0 Å². The van der Waals surface area contributed by atoms with Crippen molar-refractivity contribution < 1.29 is 40.2 Å². The fourth-order valence-corrected chi connectivity index (χ4v) is 1.54. The number of ether oxygens (including phenoxy) is 2. The molecule has 20 heavy (non-hydrogen) atoms. The van der Waals surface area contributed by atoms with Crippen molar-refractivity contribution in [1.29, 1.82) is 0 Å². The van der Waals surface area contributed by atoms with Crippen molar-refractivity contribution in [2.24, 2.45) is 5.73 Å². The van der Waals surface area contributed by atoms with Gasteiger partial charge in [-0.1, -0.05) is 6.07 Å². The Hall–Kier alpha value is -1.71. The number of nitrogens with two attached hydrogens (primary N) is 1. The number of benzene rings is 1. The fourth-order valence-electron chi connectivity index (χ4n) is 1.54. The molecule has 1 atom stereocenters. The highest BCUT2D eigenvalue weighted by molar-refractivity contribution is 5.46. The van der Waals surface area contributed by atoms with Crippen LogP contribution < -0.4 is 15.2 Å². The molecule has 0 aliphatic carbocycles. The number of fused-ring (bicyclic) bond motifs is 1. The predicted molar refractivity (Wildman–Crippen MR) is 50.6 cm³/mol. The molecule has 0 aromatic heterocycles. The monoisotopic (exact) mass is 305 g/mol. The van der Waals surface area contributed by atoms with Crippen LogP contribution in [0.25, 0.3) is 0 Å². The van der Waals surface area contributed by atoms with Gasteiger partial charge in [0.1, 0.15) is 6.04 Å². The van der Waals surface area contributed by atoms with Gasteiger partial charge in [0.2, 0.25) is 0 Å². The van der Waals surface area contributed by atoms with Crippen molar-refractivity contribution in [3.8, 4) is 11.5 Å². The molecular weight excluding hydrogens is 299 g/mol. The average molecular weight is 305 g/mol. The van der Waals surface area contributed by atoms with E-state index in [0.717, 1.165) is 12.1 Å². The summed E-state index contributed by atoms with van der Waals surface area (Å²) < 4.78 is 95.9. The van der Waals surface area contributed by atoms with Crippen LogP contribution in [-0.4, -0.2) is 18.4 Å². The standard InChI is InChI=1S/C10H6F7NO2/c11-8(12,9(13,14)15)7(18)4-1-2-5-6(3-4)20-10(16,17)19-5/h1-3,7H,18H2/t7-/m1/s1. The van der Waals surface area contributed by atoms with Crippen molar-refractivity contribution in [2.75, 3.05) is 0 Å². The molecule has 0 saturated heterocycles. The summed E-state index contributed by atoms with van der Waals surface area (Å²) in [5, 5.41) is 0. The van der Waals surface area contributed by atoms with Gasteiger partial charge in [0.25, 0.3) is 0 Å². The second-order valence-electron chi connectivity index (χ2n) is 3.97. The molecule has 2 rings (SSSR count). The van der Waals surface area contributed by atoms with Gasteiger partial charge in [0.15, 0.2) is 11.5 Å². The van der Waals surface area contributed by atoms with Gasteiger partial charge in [-0.25, -0.2) is 0 Å². The molecule has 2 N–H and O–H groups in total. The molecule has 0 amide bonds. The van der Waals surface area contributed by atoms with Gasteiger partial charge in [-0.2, -0.15) is 22.0 Å². The minimum atomic E-state index is -5.87. The van der Waals surface area contributed by atoms with E-state index in [9.17, 15) is 30.7 Å². The van der Waals surface area contributed by atoms with E-state index in [1.807, 2.05) is 0 Å². The Morgan fingerprint density at radius 2 is 1.55 bits per heavy atom. The zero-order valence-electron chi connectivity index (χ0n) is 9.35. The van der Waals surface area contributed by atoms with Gasteiger partial charge in [-0.05, 0) is 17.7 Å². The highest BCUT2D eigenvalue weighted by atomic mass is 19.4. The summed E-state index contributed by atoms with van der Waals surface area (Å²) in [6.07, 6.45) is -9.87. The third kappa shape index (κ3) is 2.35. The van der Waals surface area contributed by atoms with Crippen LogP contribution in [0.5, 0.6) is 11.5 Å². The number of halogens is 7. The lowest BCUT2D eigenvalue weighted by atomic mass is 10.0. The molecule has 0 bridgehead atoms. The van der Waals surface area contributed by atoms with E-state index in [1.54, 1.807) is 0 Å². The van der Waals surface area contributed by atoms with E-state index in [0.29, 0.717) is 6.07 Å². The maximum absolute atomic E-state index is 13.0. The summed E-state index contributed by atoms with van der Waals surface area (Å²) in [6, 6.07) is -0.697. The Morgan fingerprint density at radius 3 is 2.10 bits per heavy atom. The molecule has 1 aromatic carbocycles. The van der Waals surface area contributed by atoms with Gasteiger partial charge in [0.05, 0.1) is 0 Å². The van der Waals surface area contributed by atoms with Crippen LogP contribution in [0, 0.1) is 0 Å². The van der Waals surface area contributed by atoms with Crippen molar-refractivity contribution in [3.63, 3.8) is 0 Å². The Morgan fingerprint density at radius 1 is 1.00 bits per heavy atom. The van der Waals surface area contributed by atoms with E-state index >= 15 is 0 Å². The summed E-state index contributed by atoms with van der Waals surface area (Å²) in [6.45, 7) is 0. The van der Waals surface area contributed by atoms with E-state index < -0.39 is 41.5 Å². The summed E-state index contributed by atoms with van der Waals surface area (Å²) in [4.78, 5) is 0. The van der Waals surface area contributed by atoms with Gasteiger partial charge in [-0.3, -0.25) is 0 Å². The van der Waals surface area contributed by atoms with Gasteiger partial charge >= 0.3 is 18.4 Å². The normalized spacial score (nSPS) is 19.0. The van der Waals surface area contributed by atoms with E-state index in [4.69, 9.17) is 5.73 Å². The SMILES string of the molecule is N[C@H](c1ccc2c(c1)OC(F)(F)O2)C(F)(F)C(F)(F)F. The van der Waals surface area contributed by atoms with Gasteiger partial charge < -0.3 is 15.2 Å². The van der Waals surface area contributed by atoms with Crippen LogP contribution in [0.3, 0.4) is 0 Å². The molecule has 0 spiro atoms. The summed E-state index contributed by atoms with van der Waals surface area (Å²) >= 11 is 0.